The second-order valence-electron chi connectivity index (χ2n) is 4.91. The van der Waals surface area contributed by atoms with Crippen molar-refractivity contribution in [3.05, 3.63) is 95.2 Å². The van der Waals surface area contributed by atoms with Crippen molar-refractivity contribution in [1.82, 2.24) is 0 Å². The molecule has 23 heavy (non-hydrogen) atoms. The molecule has 0 saturated heterocycles. The third kappa shape index (κ3) is 3.42. The summed E-state index contributed by atoms with van der Waals surface area (Å²) in [5.74, 6) is 0. The fraction of sp³-hybridized carbons (Fsp3) is 0.190. The van der Waals surface area contributed by atoms with Crippen LogP contribution < -0.4 is 0 Å². The van der Waals surface area contributed by atoms with Gasteiger partial charge >= 0.3 is 0 Å². The predicted molar refractivity (Wildman–Crippen MR) is 101 cm³/mol. The van der Waals surface area contributed by atoms with Gasteiger partial charge in [0.15, 0.2) is 0 Å². The second-order valence-corrected chi connectivity index (χ2v) is 4.91. The van der Waals surface area contributed by atoms with E-state index in [1.54, 1.807) is 6.08 Å². The molecule has 1 N–H and O–H groups in total. The first-order chi connectivity index (χ1) is 11.1. The first-order valence-electron chi connectivity index (χ1n) is 7.70. The van der Waals surface area contributed by atoms with E-state index in [-0.39, 0.29) is 0 Å². The number of rotatable bonds is 4. The van der Waals surface area contributed by atoms with E-state index < -0.39 is 0 Å². The number of oxime groups is 1. The maximum atomic E-state index is 9.66. The summed E-state index contributed by atoms with van der Waals surface area (Å²) < 4.78 is 0. The molecule has 120 valence electrons. The van der Waals surface area contributed by atoms with Gasteiger partial charge in [-0.3, -0.25) is 0 Å². The first-order valence-corrected chi connectivity index (χ1v) is 7.70. The Kier molecular flexibility index (Phi) is 7.01. The third-order valence-electron chi connectivity index (χ3n) is 3.74. The van der Waals surface area contributed by atoms with Gasteiger partial charge in [-0.2, -0.15) is 0 Å². The van der Waals surface area contributed by atoms with E-state index in [1.165, 1.54) is 0 Å². The van der Waals surface area contributed by atoms with Crippen molar-refractivity contribution in [1.29, 1.82) is 0 Å². The van der Waals surface area contributed by atoms with E-state index in [9.17, 15) is 5.21 Å². The lowest BCUT2D eigenvalue weighted by atomic mass is 9.75. The molecule has 0 fully saturated rings. The van der Waals surface area contributed by atoms with E-state index in [1.807, 2.05) is 64.2 Å². The van der Waals surface area contributed by atoms with Crippen LogP contribution in [0.3, 0.4) is 0 Å². The van der Waals surface area contributed by atoms with Gasteiger partial charge in [-0.15, -0.1) is 0 Å². The van der Waals surface area contributed by atoms with Crippen molar-refractivity contribution in [3.63, 3.8) is 0 Å². The van der Waals surface area contributed by atoms with Gasteiger partial charge in [0.2, 0.25) is 0 Å². The van der Waals surface area contributed by atoms with Crippen molar-refractivity contribution in [2.24, 2.45) is 5.16 Å². The van der Waals surface area contributed by atoms with Crippen molar-refractivity contribution in [3.8, 4) is 0 Å². The van der Waals surface area contributed by atoms with Crippen LogP contribution in [0.2, 0.25) is 0 Å². The Hall–Kier alpha value is -2.61. The van der Waals surface area contributed by atoms with Gasteiger partial charge in [0.05, 0.1) is 0 Å². The Morgan fingerprint density at radius 3 is 2.04 bits per heavy atom. The van der Waals surface area contributed by atoms with E-state index in [0.717, 1.165) is 33.4 Å². The summed E-state index contributed by atoms with van der Waals surface area (Å²) in [4.78, 5) is 0. The van der Waals surface area contributed by atoms with Gasteiger partial charge in [0.25, 0.3) is 0 Å². The monoisotopic (exact) mass is 307 g/mol. The van der Waals surface area contributed by atoms with E-state index in [4.69, 9.17) is 0 Å². The van der Waals surface area contributed by atoms with Gasteiger partial charge in [-0.25, -0.2) is 0 Å². The van der Waals surface area contributed by atoms with Crippen LogP contribution in [-0.2, 0) is 0 Å². The lowest BCUT2D eigenvalue weighted by molar-refractivity contribution is 0.319. The zero-order valence-corrected chi connectivity index (χ0v) is 14.4. The van der Waals surface area contributed by atoms with E-state index in [2.05, 4.69) is 24.4 Å². The van der Waals surface area contributed by atoms with Crippen molar-refractivity contribution >= 4 is 5.71 Å². The molecule has 2 heteroatoms. The molecule has 1 aliphatic rings. The highest BCUT2D eigenvalue weighted by Gasteiger charge is 2.29. The van der Waals surface area contributed by atoms with Crippen LogP contribution in [0.1, 0.15) is 27.7 Å². The molecule has 0 radical (unpaired) electrons. The molecule has 2 nitrogen and oxygen atoms in total. The Morgan fingerprint density at radius 1 is 1.00 bits per heavy atom. The molecular formula is C21H25NO. The highest BCUT2D eigenvalue weighted by molar-refractivity contribution is 6.21. The fourth-order valence-corrected chi connectivity index (χ4v) is 2.83. The number of allylic oxidation sites excluding steroid dienone is 14. The zero-order valence-electron chi connectivity index (χ0n) is 14.4. The van der Waals surface area contributed by atoms with Crippen molar-refractivity contribution in [2.45, 2.75) is 27.7 Å². The normalized spacial score (nSPS) is 23.6. The van der Waals surface area contributed by atoms with Gasteiger partial charge < -0.3 is 5.21 Å². The summed E-state index contributed by atoms with van der Waals surface area (Å²) in [5.41, 5.74) is 6.40. The van der Waals surface area contributed by atoms with Crippen LogP contribution in [0.15, 0.2) is 100 Å². The summed E-state index contributed by atoms with van der Waals surface area (Å²) in [5, 5.41) is 13.2. The average molecular weight is 307 g/mol. The molecule has 0 atom stereocenters. The summed E-state index contributed by atoms with van der Waals surface area (Å²) in [6.45, 7) is 15.6. The SMILES string of the molecule is C=C/C=C1\C(=C/C)\C(=C\C)C(/C(C=C)=C\C)=C(/C=C\C)\C1=N/O. The summed E-state index contributed by atoms with van der Waals surface area (Å²) in [6.07, 6.45) is 15.4. The lowest BCUT2D eigenvalue weighted by Gasteiger charge is -2.28. The molecule has 0 saturated carbocycles. The smallest absolute Gasteiger partial charge is 0.118 e. The average Bonchev–Trinajstić information content (AvgIpc) is 2.57. The molecule has 1 rings (SSSR count). The van der Waals surface area contributed by atoms with Crippen LogP contribution >= 0.6 is 0 Å². The molecule has 0 spiro atoms. The standard InChI is InChI=1S/C21H25NO/c1-7-13-18-16(11-5)17(12-6)20(15(9-3)10-4)19(14-8-2)21(18)22-23/h7-14,23H,1,3H2,2,4-6H3/b14-8-,15-10-,16-11-,17-12-,18-13+,22-21-. The molecule has 1 aliphatic carbocycles. The summed E-state index contributed by atoms with van der Waals surface area (Å²) >= 11 is 0. The Bertz CT molecular complexity index is 698. The molecule has 0 aliphatic heterocycles. The number of hydrogen-bond donors (Lipinski definition) is 1. The highest BCUT2D eigenvalue weighted by atomic mass is 16.4. The second kappa shape index (κ2) is 8.74. The highest BCUT2D eigenvalue weighted by Crippen LogP contribution is 2.40. The fourth-order valence-electron chi connectivity index (χ4n) is 2.83. The molecule has 0 heterocycles. The molecule has 0 amide bonds. The molecule has 0 unspecified atom stereocenters. The maximum Gasteiger partial charge on any atom is 0.118 e. The van der Waals surface area contributed by atoms with Crippen LogP contribution in [0.25, 0.3) is 0 Å². The van der Waals surface area contributed by atoms with Crippen LogP contribution in [0, 0.1) is 0 Å². The van der Waals surface area contributed by atoms with Crippen molar-refractivity contribution < 1.29 is 5.21 Å². The maximum absolute atomic E-state index is 9.66. The topological polar surface area (TPSA) is 32.6 Å². The molecule has 0 aromatic heterocycles. The summed E-state index contributed by atoms with van der Waals surface area (Å²) in [7, 11) is 0. The minimum Gasteiger partial charge on any atom is -0.410 e. The summed E-state index contributed by atoms with van der Waals surface area (Å²) in [6, 6.07) is 0. The first kappa shape index (κ1) is 18.4. The minimum atomic E-state index is 0.540. The third-order valence-corrected chi connectivity index (χ3v) is 3.74. The number of hydrogen-bond acceptors (Lipinski definition) is 2. The van der Waals surface area contributed by atoms with E-state index >= 15 is 0 Å². The molecular weight excluding hydrogens is 282 g/mol. The molecule has 0 aromatic carbocycles. The minimum absolute atomic E-state index is 0.540. The van der Waals surface area contributed by atoms with Crippen molar-refractivity contribution in [2.75, 3.05) is 0 Å². The quantitative estimate of drug-likeness (QED) is 0.395. The molecule has 0 bridgehead atoms. The van der Waals surface area contributed by atoms with Gasteiger partial charge in [-0.05, 0) is 50.0 Å². The number of nitrogens with zero attached hydrogens (tertiary/aromatic N) is 1. The Morgan fingerprint density at radius 2 is 1.65 bits per heavy atom. The molecule has 0 aromatic rings. The zero-order chi connectivity index (χ0) is 17.4. The van der Waals surface area contributed by atoms with E-state index in [0.29, 0.717) is 5.71 Å². The largest absolute Gasteiger partial charge is 0.410 e. The van der Waals surface area contributed by atoms with Crippen LogP contribution in [-0.4, -0.2) is 10.9 Å². The van der Waals surface area contributed by atoms with Gasteiger partial charge in [-0.1, -0.05) is 66.9 Å². The predicted octanol–water partition coefficient (Wildman–Crippen LogP) is 5.84. The van der Waals surface area contributed by atoms with Crippen LogP contribution in [0.5, 0.6) is 0 Å². The Balaban J connectivity index is 4.03. The van der Waals surface area contributed by atoms with Gasteiger partial charge in [0.1, 0.15) is 5.71 Å². The Labute approximate surface area is 139 Å². The lowest BCUT2D eigenvalue weighted by Crippen LogP contribution is -2.19. The van der Waals surface area contributed by atoms with Crippen LogP contribution in [0.4, 0.5) is 0 Å². The van der Waals surface area contributed by atoms with Gasteiger partial charge in [0, 0.05) is 11.1 Å².